The minimum Gasteiger partial charge on any atom is -0.431 e. The molecule has 4 heteroatoms. The van der Waals surface area contributed by atoms with E-state index in [1.807, 2.05) is 17.8 Å². The van der Waals surface area contributed by atoms with Crippen LogP contribution in [0.2, 0.25) is 0 Å². The van der Waals surface area contributed by atoms with E-state index >= 15 is 0 Å². The molecule has 0 N–H and O–H groups in total. The predicted octanol–water partition coefficient (Wildman–Crippen LogP) is 2.27. The van der Waals surface area contributed by atoms with E-state index in [4.69, 9.17) is 4.74 Å². The molecule has 0 aliphatic heterocycles. The summed E-state index contributed by atoms with van der Waals surface area (Å²) < 4.78 is 8.55. The molecule has 0 atom stereocenters. The highest BCUT2D eigenvalue weighted by atomic mass is 16.5. The molecule has 1 fully saturated rings. The minimum absolute atomic E-state index is 0.276. The van der Waals surface area contributed by atoms with Crippen LogP contribution in [0.4, 0.5) is 4.79 Å². The van der Waals surface area contributed by atoms with Crippen LogP contribution < -0.4 is 4.57 Å². The van der Waals surface area contributed by atoms with Gasteiger partial charge in [0.15, 0.2) is 0 Å². The molecule has 0 spiro atoms. The van der Waals surface area contributed by atoms with Crippen molar-refractivity contribution >= 4 is 6.09 Å². The Kier molecular flexibility index (Phi) is 4.18. The molecule has 1 aliphatic rings. The predicted molar refractivity (Wildman–Crippen MR) is 63.5 cm³/mol. The van der Waals surface area contributed by atoms with Crippen LogP contribution in [0.5, 0.6) is 0 Å². The van der Waals surface area contributed by atoms with Gasteiger partial charge in [-0.2, -0.15) is 4.79 Å². The Bertz CT molecular complexity index is 367. The Labute approximate surface area is 102 Å². The lowest BCUT2D eigenvalue weighted by atomic mass is 9.87. The molecule has 1 saturated carbocycles. The molecule has 0 bridgehead atoms. The van der Waals surface area contributed by atoms with E-state index in [9.17, 15) is 4.79 Å². The van der Waals surface area contributed by atoms with Crippen molar-refractivity contribution in [1.29, 1.82) is 0 Å². The molecule has 1 aromatic heterocycles. The fourth-order valence-corrected chi connectivity index (χ4v) is 2.42. The summed E-state index contributed by atoms with van der Waals surface area (Å²) in [7, 11) is 1.88. The van der Waals surface area contributed by atoms with Crippen LogP contribution >= 0.6 is 0 Å². The first kappa shape index (κ1) is 12.1. The van der Waals surface area contributed by atoms with E-state index in [0.29, 0.717) is 6.61 Å². The molecule has 94 valence electrons. The Morgan fingerprint density at radius 3 is 2.82 bits per heavy atom. The molecular weight excluding hydrogens is 216 g/mol. The van der Waals surface area contributed by atoms with Gasteiger partial charge in [-0.15, -0.1) is 4.57 Å². The van der Waals surface area contributed by atoms with Gasteiger partial charge in [-0.1, -0.05) is 32.1 Å². The van der Waals surface area contributed by atoms with E-state index in [1.54, 1.807) is 12.5 Å². The second-order valence-electron chi connectivity index (χ2n) is 4.89. The number of imidazole rings is 1. The highest BCUT2D eigenvalue weighted by Crippen LogP contribution is 2.26. The lowest BCUT2D eigenvalue weighted by molar-refractivity contribution is -0.670. The third-order valence-corrected chi connectivity index (χ3v) is 3.46. The SMILES string of the molecule is C[n+]1ccn(C(=O)OCCC2CCCCC2)c1. The number of hydrogen-bond donors (Lipinski definition) is 0. The van der Waals surface area contributed by atoms with Gasteiger partial charge in [0, 0.05) is 0 Å². The molecule has 17 heavy (non-hydrogen) atoms. The largest absolute Gasteiger partial charge is 0.511 e. The average Bonchev–Trinajstić information content (AvgIpc) is 2.77. The van der Waals surface area contributed by atoms with E-state index < -0.39 is 0 Å². The third kappa shape index (κ3) is 3.58. The van der Waals surface area contributed by atoms with Crippen molar-refractivity contribution in [2.45, 2.75) is 38.5 Å². The van der Waals surface area contributed by atoms with Crippen molar-refractivity contribution in [3.05, 3.63) is 18.7 Å². The maximum Gasteiger partial charge on any atom is 0.511 e. The van der Waals surface area contributed by atoms with Gasteiger partial charge < -0.3 is 4.74 Å². The number of carbonyl (C=O) groups excluding carboxylic acids is 1. The summed E-state index contributed by atoms with van der Waals surface area (Å²) in [6.07, 6.45) is 12.6. The maximum atomic E-state index is 11.6. The lowest BCUT2D eigenvalue weighted by Crippen LogP contribution is -2.25. The molecule has 0 amide bonds. The standard InChI is InChI=1S/C13H21N2O2/c1-14-8-9-15(11-14)13(16)17-10-7-12-5-3-2-4-6-12/h8-9,11-12H,2-7,10H2,1H3/q+1. The summed E-state index contributed by atoms with van der Waals surface area (Å²) in [5.74, 6) is 0.761. The second-order valence-corrected chi connectivity index (χ2v) is 4.89. The Morgan fingerprint density at radius 2 is 2.18 bits per heavy atom. The fraction of sp³-hybridized carbons (Fsp3) is 0.692. The van der Waals surface area contributed by atoms with Crippen molar-refractivity contribution in [3.63, 3.8) is 0 Å². The van der Waals surface area contributed by atoms with Gasteiger partial charge in [0.2, 0.25) is 0 Å². The van der Waals surface area contributed by atoms with E-state index in [1.165, 1.54) is 36.7 Å². The van der Waals surface area contributed by atoms with E-state index in [-0.39, 0.29) is 6.09 Å². The van der Waals surface area contributed by atoms with E-state index in [0.717, 1.165) is 12.3 Å². The average molecular weight is 237 g/mol. The Hall–Kier alpha value is -1.32. The van der Waals surface area contributed by atoms with Crippen LogP contribution in [0.15, 0.2) is 18.7 Å². The van der Waals surface area contributed by atoms with Gasteiger partial charge in [0.1, 0.15) is 12.4 Å². The smallest absolute Gasteiger partial charge is 0.431 e. The monoisotopic (exact) mass is 237 g/mol. The Morgan fingerprint density at radius 1 is 1.41 bits per heavy atom. The van der Waals surface area contributed by atoms with Gasteiger partial charge in [-0.05, 0) is 12.3 Å². The summed E-state index contributed by atoms with van der Waals surface area (Å²) >= 11 is 0. The van der Waals surface area contributed by atoms with Crippen molar-refractivity contribution < 1.29 is 14.1 Å². The quantitative estimate of drug-likeness (QED) is 0.756. The zero-order valence-corrected chi connectivity index (χ0v) is 10.5. The first-order valence-electron chi connectivity index (χ1n) is 6.46. The molecule has 2 rings (SSSR count). The summed E-state index contributed by atoms with van der Waals surface area (Å²) in [5, 5.41) is 0. The summed E-state index contributed by atoms with van der Waals surface area (Å²) in [6, 6.07) is 0. The zero-order valence-electron chi connectivity index (χ0n) is 10.5. The van der Waals surface area contributed by atoms with E-state index in [2.05, 4.69) is 0 Å². The van der Waals surface area contributed by atoms with Crippen LogP contribution in [0.1, 0.15) is 38.5 Å². The van der Waals surface area contributed by atoms with Crippen LogP contribution in [-0.4, -0.2) is 17.3 Å². The van der Waals surface area contributed by atoms with Crippen molar-refractivity contribution in [3.8, 4) is 0 Å². The number of nitrogens with zero attached hydrogens (tertiary/aromatic N) is 2. The normalized spacial score (nSPS) is 17.0. The van der Waals surface area contributed by atoms with Crippen molar-refractivity contribution in [1.82, 2.24) is 4.57 Å². The molecular formula is C13H21N2O2+. The first-order valence-corrected chi connectivity index (χ1v) is 6.46. The molecule has 1 aliphatic carbocycles. The Balaban J connectivity index is 1.69. The first-order chi connectivity index (χ1) is 8.25. The number of aromatic nitrogens is 2. The fourth-order valence-electron chi connectivity index (χ4n) is 2.42. The second kappa shape index (κ2) is 5.84. The lowest BCUT2D eigenvalue weighted by Gasteiger charge is -2.20. The molecule has 0 saturated heterocycles. The number of carbonyl (C=O) groups is 1. The van der Waals surface area contributed by atoms with Gasteiger partial charge in [0.25, 0.3) is 6.33 Å². The summed E-state index contributed by atoms with van der Waals surface area (Å²) in [4.78, 5) is 11.6. The summed E-state index contributed by atoms with van der Waals surface area (Å²) in [5.41, 5.74) is 0. The molecule has 1 aromatic rings. The van der Waals surface area contributed by atoms with Crippen molar-refractivity contribution in [2.75, 3.05) is 6.61 Å². The molecule has 0 radical (unpaired) electrons. The molecule has 4 nitrogen and oxygen atoms in total. The van der Waals surface area contributed by atoms with Gasteiger partial charge in [-0.3, -0.25) is 0 Å². The molecule has 0 unspecified atom stereocenters. The van der Waals surface area contributed by atoms with Gasteiger partial charge >= 0.3 is 6.09 Å². The van der Waals surface area contributed by atoms with Crippen LogP contribution in [0, 0.1) is 5.92 Å². The molecule has 0 aromatic carbocycles. The van der Waals surface area contributed by atoms with Crippen LogP contribution in [0.25, 0.3) is 0 Å². The van der Waals surface area contributed by atoms with Gasteiger partial charge in [-0.25, -0.2) is 4.57 Å². The number of ether oxygens (including phenoxy) is 1. The number of aryl methyl sites for hydroxylation is 1. The number of hydrogen-bond acceptors (Lipinski definition) is 2. The van der Waals surface area contributed by atoms with Crippen LogP contribution in [-0.2, 0) is 11.8 Å². The van der Waals surface area contributed by atoms with Crippen LogP contribution in [0.3, 0.4) is 0 Å². The highest BCUT2D eigenvalue weighted by Gasteiger charge is 2.16. The maximum absolute atomic E-state index is 11.6. The highest BCUT2D eigenvalue weighted by molar-refractivity contribution is 5.69. The zero-order chi connectivity index (χ0) is 12.1. The topological polar surface area (TPSA) is 35.1 Å². The van der Waals surface area contributed by atoms with Gasteiger partial charge in [0.05, 0.1) is 13.7 Å². The van der Waals surface area contributed by atoms with Crippen molar-refractivity contribution in [2.24, 2.45) is 13.0 Å². The number of rotatable bonds is 3. The summed E-state index contributed by atoms with van der Waals surface area (Å²) in [6.45, 7) is 0.547. The minimum atomic E-state index is -0.276. The third-order valence-electron chi connectivity index (χ3n) is 3.46. The molecule has 1 heterocycles.